The molecule has 0 aromatic heterocycles. The number of nitrogens with one attached hydrogen (secondary N) is 1. The van der Waals surface area contributed by atoms with Gasteiger partial charge in [0.25, 0.3) is 0 Å². The van der Waals surface area contributed by atoms with Crippen molar-refractivity contribution in [2.24, 2.45) is 0 Å². The molecule has 2 saturated heterocycles. The Morgan fingerprint density at radius 1 is 1.43 bits per heavy atom. The monoisotopic (exact) mass is 198 g/mol. The Bertz CT molecular complexity index is 190. The summed E-state index contributed by atoms with van der Waals surface area (Å²) in [7, 11) is 0. The number of ether oxygens (including phenoxy) is 1. The second kappa shape index (κ2) is 4.17. The molecule has 82 valence electrons. The van der Waals surface area contributed by atoms with Crippen LogP contribution >= 0.6 is 0 Å². The zero-order chi connectivity index (χ0) is 10.0. The third kappa shape index (κ3) is 1.58. The molecule has 0 aromatic rings. The first-order valence-electron chi connectivity index (χ1n) is 5.87. The summed E-state index contributed by atoms with van der Waals surface area (Å²) in [6, 6.07) is 0.609. The van der Waals surface area contributed by atoms with Gasteiger partial charge in [-0.05, 0) is 12.8 Å². The molecule has 0 aliphatic carbocycles. The molecule has 2 heterocycles. The van der Waals surface area contributed by atoms with Gasteiger partial charge >= 0.3 is 0 Å². The highest BCUT2D eigenvalue weighted by atomic mass is 16.5. The Kier molecular flexibility index (Phi) is 3.10. The maximum Gasteiger partial charge on any atom is 0.0635 e. The van der Waals surface area contributed by atoms with Gasteiger partial charge in [0.1, 0.15) is 0 Å². The normalized spacial score (nSPS) is 32.6. The summed E-state index contributed by atoms with van der Waals surface area (Å²) in [5.74, 6) is 0. The molecule has 0 aromatic carbocycles. The highest BCUT2D eigenvalue weighted by Gasteiger charge is 2.41. The summed E-state index contributed by atoms with van der Waals surface area (Å²) < 4.78 is 5.54. The van der Waals surface area contributed by atoms with Gasteiger partial charge in [-0.15, -0.1) is 0 Å². The predicted molar refractivity (Wildman–Crippen MR) is 57.5 cm³/mol. The number of hydrogen-bond donors (Lipinski definition) is 1. The van der Waals surface area contributed by atoms with E-state index in [-0.39, 0.29) is 0 Å². The Morgan fingerprint density at radius 2 is 2.21 bits per heavy atom. The molecule has 0 saturated carbocycles. The SMILES string of the molecule is CCC1(CC)CNCC2COCCN21. The first kappa shape index (κ1) is 10.4. The van der Waals surface area contributed by atoms with Crippen molar-refractivity contribution in [2.45, 2.75) is 38.3 Å². The fraction of sp³-hybridized carbons (Fsp3) is 1.00. The van der Waals surface area contributed by atoms with Gasteiger partial charge in [0, 0.05) is 31.2 Å². The summed E-state index contributed by atoms with van der Waals surface area (Å²) >= 11 is 0. The van der Waals surface area contributed by atoms with Gasteiger partial charge < -0.3 is 10.1 Å². The predicted octanol–water partition coefficient (Wildman–Crippen LogP) is 0.849. The molecule has 1 N–H and O–H groups in total. The van der Waals surface area contributed by atoms with Crippen LogP contribution in [0.25, 0.3) is 0 Å². The Labute approximate surface area is 86.8 Å². The van der Waals surface area contributed by atoms with Crippen LogP contribution in [0.2, 0.25) is 0 Å². The van der Waals surface area contributed by atoms with Crippen LogP contribution in [0, 0.1) is 0 Å². The molecule has 2 aliphatic heterocycles. The van der Waals surface area contributed by atoms with Crippen LogP contribution in [0.4, 0.5) is 0 Å². The Hall–Kier alpha value is -0.120. The van der Waals surface area contributed by atoms with Crippen LogP contribution in [0.5, 0.6) is 0 Å². The first-order chi connectivity index (χ1) is 6.82. The molecular weight excluding hydrogens is 176 g/mol. The van der Waals surface area contributed by atoms with E-state index >= 15 is 0 Å². The average molecular weight is 198 g/mol. The van der Waals surface area contributed by atoms with Crippen LogP contribution in [0.15, 0.2) is 0 Å². The van der Waals surface area contributed by atoms with E-state index in [2.05, 4.69) is 24.1 Å². The molecule has 1 unspecified atom stereocenters. The molecule has 2 fully saturated rings. The molecule has 3 heteroatoms. The topological polar surface area (TPSA) is 24.5 Å². The molecule has 2 aliphatic rings. The Balaban J connectivity index is 2.14. The van der Waals surface area contributed by atoms with Gasteiger partial charge in [0.05, 0.1) is 13.2 Å². The number of hydrogen-bond acceptors (Lipinski definition) is 3. The van der Waals surface area contributed by atoms with Crippen molar-refractivity contribution in [1.82, 2.24) is 10.2 Å². The molecule has 0 amide bonds. The summed E-state index contributed by atoms with van der Waals surface area (Å²) in [5, 5.41) is 3.56. The smallest absolute Gasteiger partial charge is 0.0635 e. The standard InChI is InChI=1S/C11H22N2O/c1-3-11(4-2)9-12-7-10-8-14-6-5-13(10)11/h10,12H,3-9H2,1-2H3. The lowest BCUT2D eigenvalue weighted by molar-refractivity contribution is -0.0844. The summed E-state index contributed by atoms with van der Waals surface area (Å²) in [6.45, 7) is 9.81. The van der Waals surface area contributed by atoms with E-state index in [1.54, 1.807) is 0 Å². The fourth-order valence-corrected chi connectivity index (χ4v) is 2.93. The van der Waals surface area contributed by atoms with E-state index < -0.39 is 0 Å². The van der Waals surface area contributed by atoms with E-state index in [1.807, 2.05) is 0 Å². The number of piperazine rings is 1. The lowest BCUT2D eigenvalue weighted by Crippen LogP contribution is -2.68. The number of morpholine rings is 1. The number of rotatable bonds is 2. The highest BCUT2D eigenvalue weighted by Crippen LogP contribution is 2.29. The van der Waals surface area contributed by atoms with Crippen molar-refractivity contribution in [3.8, 4) is 0 Å². The highest BCUT2D eigenvalue weighted by molar-refractivity contribution is 4.99. The van der Waals surface area contributed by atoms with Crippen LogP contribution in [-0.2, 0) is 4.74 Å². The number of fused-ring (bicyclic) bond motifs is 1. The molecular formula is C11H22N2O. The Morgan fingerprint density at radius 3 is 2.93 bits per heavy atom. The summed E-state index contributed by atoms with van der Waals surface area (Å²) in [5.41, 5.74) is 0.396. The van der Waals surface area contributed by atoms with Crippen molar-refractivity contribution < 1.29 is 4.74 Å². The zero-order valence-electron chi connectivity index (χ0n) is 9.38. The van der Waals surface area contributed by atoms with E-state index in [0.29, 0.717) is 11.6 Å². The zero-order valence-corrected chi connectivity index (χ0v) is 9.38. The second-order valence-electron chi connectivity index (χ2n) is 4.48. The maximum atomic E-state index is 5.54. The quantitative estimate of drug-likeness (QED) is 0.712. The van der Waals surface area contributed by atoms with Crippen LogP contribution < -0.4 is 5.32 Å². The maximum absolute atomic E-state index is 5.54. The minimum absolute atomic E-state index is 0.396. The minimum atomic E-state index is 0.396. The fourth-order valence-electron chi connectivity index (χ4n) is 2.93. The molecule has 1 atom stereocenters. The average Bonchev–Trinajstić information content (AvgIpc) is 2.28. The van der Waals surface area contributed by atoms with Gasteiger partial charge in [0.15, 0.2) is 0 Å². The first-order valence-corrected chi connectivity index (χ1v) is 5.87. The van der Waals surface area contributed by atoms with Gasteiger partial charge in [-0.1, -0.05) is 13.8 Å². The summed E-state index contributed by atoms with van der Waals surface area (Å²) in [6.07, 6.45) is 2.49. The van der Waals surface area contributed by atoms with Crippen molar-refractivity contribution in [3.05, 3.63) is 0 Å². The van der Waals surface area contributed by atoms with E-state index in [9.17, 15) is 0 Å². The van der Waals surface area contributed by atoms with E-state index in [1.165, 1.54) is 12.8 Å². The van der Waals surface area contributed by atoms with Crippen molar-refractivity contribution >= 4 is 0 Å². The van der Waals surface area contributed by atoms with Crippen molar-refractivity contribution in [2.75, 3.05) is 32.8 Å². The lowest BCUT2D eigenvalue weighted by Gasteiger charge is -2.53. The van der Waals surface area contributed by atoms with Gasteiger partial charge in [-0.2, -0.15) is 0 Å². The van der Waals surface area contributed by atoms with Gasteiger partial charge in [-0.25, -0.2) is 0 Å². The molecule has 14 heavy (non-hydrogen) atoms. The molecule has 0 radical (unpaired) electrons. The van der Waals surface area contributed by atoms with Crippen molar-refractivity contribution in [3.63, 3.8) is 0 Å². The van der Waals surface area contributed by atoms with Crippen LogP contribution in [0.3, 0.4) is 0 Å². The second-order valence-corrected chi connectivity index (χ2v) is 4.48. The van der Waals surface area contributed by atoms with Crippen molar-refractivity contribution in [1.29, 1.82) is 0 Å². The van der Waals surface area contributed by atoms with Gasteiger partial charge in [0.2, 0.25) is 0 Å². The molecule has 0 spiro atoms. The summed E-state index contributed by atoms with van der Waals surface area (Å²) in [4.78, 5) is 2.69. The lowest BCUT2D eigenvalue weighted by atomic mass is 9.86. The minimum Gasteiger partial charge on any atom is -0.378 e. The van der Waals surface area contributed by atoms with E-state index in [4.69, 9.17) is 4.74 Å². The largest absolute Gasteiger partial charge is 0.378 e. The van der Waals surface area contributed by atoms with Crippen LogP contribution in [-0.4, -0.2) is 49.3 Å². The third-order valence-electron chi connectivity index (χ3n) is 3.99. The molecule has 3 nitrogen and oxygen atoms in total. The van der Waals surface area contributed by atoms with Crippen LogP contribution in [0.1, 0.15) is 26.7 Å². The van der Waals surface area contributed by atoms with E-state index in [0.717, 1.165) is 32.8 Å². The molecule has 0 bridgehead atoms. The third-order valence-corrected chi connectivity index (χ3v) is 3.99. The van der Waals surface area contributed by atoms with Gasteiger partial charge in [-0.3, -0.25) is 4.90 Å². The number of nitrogens with zero attached hydrogens (tertiary/aromatic N) is 1. The molecule has 2 rings (SSSR count).